The van der Waals surface area contributed by atoms with Crippen molar-refractivity contribution in [2.45, 2.75) is 19.8 Å². The zero-order valence-corrected chi connectivity index (χ0v) is 36.7. The molecule has 14 aromatic rings. The minimum atomic E-state index is -0.428. The van der Waals surface area contributed by atoms with Gasteiger partial charge < -0.3 is 18.6 Å². The van der Waals surface area contributed by atoms with Crippen molar-refractivity contribution in [3.63, 3.8) is 0 Å². The molecule has 0 atom stereocenters. The van der Waals surface area contributed by atoms with Gasteiger partial charge in [0.15, 0.2) is 0 Å². The van der Waals surface area contributed by atoms with Gasteiger partial charge in [0, 0.05) is 72.5 Å². The summed E-state index contributed by atoms with van der Waals surface area (Å²) in [5, 5.41) is 13.2. The van der Waals surface area contributed by atoms with Crippen molar-refractivity contribution in [3.05, 3.63) is 224 Å². The van der Waals surface area contributed by atoms with E-state index in [9.17, 15) is 2.74 Å². The number of hydrogen-bond acceptors (Lipinski definition) is 3. The van der Waals surface area contributed by atoms with E-state index in [2.05, 4.69) is 157 Å². The summed E-state index contributed by atoms with van der Waals surface area (Å²) >= 11 is 0. The second-order valence-corrected chi connectivity index (χ2v) is 18.0. The minimum absolute atomic E-state index is 0.0901. The van der Waals surface area contributed by atoms with Crippen LogP contribution in [0.3, 0.4) is 0 Å². The van der Waals surface area contributed by atoms with Crippen molar-refractivity contribution in [2.24, 2.45) is 0 Å². The average molecular weight is 863 g/mol. The van der Waals surface area contributed by atoms with E-state index in [4.69, 9.17) is 8.53 Å². The van der Waals surface area contributed by atoms with Crippen LogP contribution in [0, 0.1) is 0 Å². The standard InChI is InChI=1S/C63H43N3O/c1-39(2)45-33-56-52-28-26-50(64(46-17-5-3-6-18-46)48-24-21-40-13-9-11-15-42(40)31-48)36-59(52)66-58-35-44-23-30-60-62(54(44)38-55(58)57(34-45)63(56)66)53-29-27-51(37-61(53)67-60)65(47-19-7-4-8-20-47)49-25-22-41-14-10-12-16-43(41)32-49/h3-39H,1-2H3/i3D,5D,6D,17D,18D. The number of para-hydroxylation sites is 2. The summed E-state index contributed by atoms with van der Waals surface area (Å²) in [4.78, 5) is 4.10. The Bertz CT molecular complexity index is 4550. The molecular formula is C63H43N3O. The fourth-order valence-electron chi connectivity index (χ4n) is 10.7. The molecule has 316 valence electrons. The number of hydrogen-bond donors (Lipinski definition) is 0. The largest absolute Gasteiger partial charge is 0.456 e. The lowest BCUT2D eigenvalue weighted by Gasteiger charge is -2.26. The number of furan rings is 1. The summed E-state index contributed by atoms with van der Waals surface area (Å²) in [5.74, 6) is 0.268. The summed E-state index contributed by atoms with van der Waals surface area (Å²) in [5.41, 5.74) is 10.5. The molecule has 0 aliphatic carbocycles. The van der Waals surface area contributed by atoms with Crippen molar-refractivity contribution in [1.29, 1.82) is 0 Å². The monoisotopic (exact) mass is 862 g/mol. The van der Waals surface area contributed by atoms with Crippen molar-refractivity contribution in [3.8, 4) is 0 Å². The fourth-order valence-corrected chi connectivity index (χ4v) is 10.7. The predicted molar refractivity (Wildman–Crippen MR) is 284 cm³/mol. The number of nitrogens with zero attached hydrogens (tertiary/aromatic N) is 3. The van der Waals surface area contributed by atoms with Gasteiger partial charge in [0.1, 0.15) is 11.2 Å². The van der Waals surface area contributed by atoms with Gasteiger partial charge in [-0.15, -0.1) is 0 Å². The molecule has 0 saturated heterocycles. The zero-order chi connectivity index (χ0) is 48.7. The number of rotatable bonds is 7. The van der Waals surface area contributed by atoms with Crippen LogP contribution in [0.2, 0.25) is 0 Å². The van der Waals surface area contributed by atoms with Crippen LogP contribution >= 0.6 is 0 Å². The molecule has 0 amide bonds. The van der Waals surface area contributed by atoms with E-state index in [1.807, 2.05) is 59.5 Å². The van der Waals surface area contributed by atoms with Gasteiger partial charge in [0.25, 0.3) is 0 Å². The van der Waals surface area contributed by atoms with Gasteiger partial charge >= 0.3 is 0 Å². The third-order valence-electron chi connectivity index (χ3n) is 13.8. The highest BCUT2D eigenvalue weighted by Gasteiger charge is 2.24. The van der Waals surface area contributed by atoms with E-state index < -0.39 is 6.04 Å². The van der Waals surface area contributed by atoms with Crippen molar-refractivity contribution in [1.82, 2.24) is 4.40 Å². The van der Waals surface area contributed by atoms with Gasteiger partial charge in [-0.05, 0) is 147 Å². The van der Waals surface area contributed by atoms with E-state index in [-0.39, 0.29) is 35.8 Å². The highest BCUT2D eigenvalue weighted by atomic mass is 16.3. The molecule has 0 N–H and O–H groups in total. The Morgan fingerprint density at radius 2 is 0.970 bits per heavy atom. The van der Waals surface area contributed by atoms with Crippen LogP contribution in [-0.2, 0) is 0 Å². The maximum absolute atomic E-state index is 9.19. The number of fused-ring (bicyclic) bond motifs is 13. The maximum atomic E-state index is 9.19. The van der Waals surface area contributed by atoms with Gasteiger partial charge in [-0.2, -0.15) is 0 Å². The van der Waals surface area contributed by atoms with Crippen LogP contribution in [0.15, 0.2) is 223 Å². The molecule has 3 heterocycles. The van der Waals surface area contributed by atoms with E-state index in [0.29, 0.717) is 11.4 Å². The zero-order valence-electron chi connectivity index (χ0n) is 41.7. The van der Waals surface area contributed by atoms with E-state index >= 15 is 0 Å². The molecule has 0 radical (unpaired) electrons. The van der Waals surface area contributed by atoms with Crippen LogP contribution in [-0.4, -0.2) is 4.40 Å². The smallest absolute Gasteiger partial charge is 0.137 e. The van der Waals surface area contributed by atoms with Gasteiger partial charge in [0.2, 0.25) is 0 Å². The summed E-state index contributed by atoms with van der Waals surface area (Å²) in [6.07, 6.45) is 0. The lowest BCUT2D eigenvalue weighted by molar-refractivity contribution is 0.669. The summed E-state index contributed by atoms with van der Waals surface area (Å²) in [6.45, 7) is 4.47. The number of anilines is 6. The molecule has 0 unspecified atom stereocenters. The Balaban J connectivity index is 0.991. The second kappa shape index (κ2) is 14.5. The highest BCUT2D eigenvalue weighted by molar-refractivity contribution is 6.28. The third kappa shape index (κ3) is 5.79. The van der Waals surface area contributed by atoms with Gasteiger partial charge in [0.05, 0.1) is 23.4 Å². The van der Waals surface area contributed by atoms with E-state index in [1.165, 1.54) is 16.3 Å². The SMILES string of the molecule is [2H]c1c([2H])c([2H])c(N(c2ccc3ccccc3c2)c2ccc3c4cc(C(C)C)cc5c6cc7c(ccc8oc9cc(N(c%10ccccc%10)c%10ccc%11ccccc%11c%10)ccc9c87)cc6n(c3c2)c45)c([2H])c1[2H]. The van der Waals surface area contributed by atoms with E-state index in [1.54, 1.807) is 0 Å². The van der Waals surface area contributed by atoms with Crippen LogP contribution in [0.4, 0.5) is 34.1 Å². The van der Waals surface area contributed by atoms with Crippen molar-refractivity contribution >= 4 is 126 Å². The Kier molecular flexibility index (Phi) is 7.11. The Morgan fingerprint density at radius 1 is 0.403 bits per heavy atom. The molecule has 0 aliphatic rings. The maximum Gasteiger partial charge on any atom is 0.137 e. The molecule has 0 saturated carbocycles. The molecule has 11 aromatic carbocycles. The fraction of sp³-hybridized carbons (Fsp3) is 0.0476. The average Bonchev–Trinajstić information content (AvgIpc) is 4.06. The number of aromatic nitrogens is 1. The van der Waals surface area contributed by atoms with Gasteiger partial charge in [-0.1, -0.05) is 123 Å². The Labute approximate surface area is 394 Å². The summed E-state index contributed by atoms with van der Waals surface area (Å²) in [7, 11) is 0. The van der Waals surface area contributed by atoms with Gasteiger partial charge in [-0.25, -0.2) is 0 Å². The summed E-state index contributed by atoms with van der Waals surface area (Å²) in [6, 6.07) is 64.2. The van der Waals surface area contributed by atoms with Crippen molar-refractivity contribution < 1.29 is 11.3 Å². The van der Waals surface area contributed by atoms with Gasteiger partial charge in [-0.3, -0.25) is 0 Å². The van der Waals surface area contributed by atoms with Crippen LogP contribution < -0.4 is 9.80 Å². The number of benzene rings is 11. The molecule has 0 bridgehead atoms. The molecule has 0 spiro atoms. The van der Waals surface area contributed by atoms with Crippen LogP contribution in [0.5, 0.6) is 0 Å². The topological polar surface area (TPSA) is 24.0 Å². The lowest BCUT2D eigenvalue weighted by Crippen LogP contribution is -2.09. The molecular weight excluding hydrogens is 815 g/mol. The second-order valence-electron chi connectivity index (χ2n) is 18.0. The van der Waals surface area contributed by atoms with Crippen LogP contribution in [0.1, 0.15) is 32.2 Å². The highest BCUT2D eigenvalue weighted by Crippen LogP contribution is 2.47. The molecule has 67 heavy (non-hydrogen) atoms. The molecule has 4 nitrogen and oxygen atoms in total. The molecule has 4 heteroatoms. The summed E-state index contributed by atoms with van der Waals surface area (Å²) < 4.78 is 53.4. The first-order chi connectivity index (χ1) is 35.1. The Morgan fingerprint density at radius 3 is 1.67 bits per heavy atom. The third-order valence-corrected chi connectivity index (χ3v) is 13.8. The van der Waals surface area contributed by atoms with Crippen molar-refractivity contribution in [2.75, 3.05) is 9.80 Å². The first-order valence-corrected chi connectivity index (χ1v) is 22.9. The normalized spacial score (nSPS) is 13.2. The predicted octanol–water partition coefficient (Wildman–Crippen LogP) is 18.3. The molecule has 14 rings (SSSR count). The molecule has 0 fully saturated rings. The first kappa shape index (κ1) is 33.0. The van der Waals surface area contributed by atoms with E-state index in [0.717, 1.165) is 98.6 Å². The molecule has 3 aromatic heterocycles. The van der Waals surface area contributed by atoms with Crippen LogP contribution in [0.25, 0.3) is 92.4 Å². The minimum Gasteiger partial charge on any atom is -0.456 e. The Hall–Kier alpha value is -8.60. The lowest BCUT2D eigenvalue weighted by atomic mass is 9.96. The quantitative estimate of drug-likeness (QED) is 0.160. The molecule has 0 aliphatic heterocycles. The first-order valence-electron chi connectivity index (χ1n) is 25.4.